The Kier molecular flexibility index (Phi) is 7.65. The predicted molar refractivity (Wildman–Crippen MR) is 106 cm³/mol. The molecule has 25 heavy (non-hydrogen) atoms. The van der Waals surface area contributed by atoms with E-state index in [2.05, 4.69) is 33.4 Å². The molecule has 0 aliphatic heterocycles. The molecule has 2 rings (SSSR count). The Balaban J connectivity index is 1.84. The number of carbonyl (C=O) groups excluding carboxylic acids is 1. The summed E-state index contributed by atoms with van der Waals surface area (Å²) < 4.78 is 11.6. The first-order valence-corrected chi connectivity index (χ1v) is 9.81. The van der Waals surface area contributed by atoms with Gasteiger partial charge in [-0.2, -0.15) is 0 Å². The monoisotopic (exact) mass is 423 g/mol. The first kappa shape index (κ1) is 19.7. The van der Waals surface area contributed by atoms with Gasteiger partial charge in [-0.15, -0.1) is 11.8 Å². The summed E-state index contributed by atoms with van der Waals surface area (Å²) in [6, 6.07) is 13.7. The number of amides is 1. The molecule has 0 radical (unpaired) electrons. The second-order valence-electron chi connectivity index (χ2n) is 5.52. The van der Waals surface area contributed by atoms with Crippen molar-refractivity contribution in [1.29, 1.82) is 0 Å². The number of benzene rings is 2. The summed E-state index contributed by atoms with van der Waals surface area (Å²) in [5.41, 5.74) is 2.18. The van der Waals surface area contributed by atoms with Gasteiger partial charge in [-0.25, -0.2) is 0 Å². The normalized spacial score (nSPS) is 11.7. The van der Waals surface area contributed by atoms with Crippen molar-refractivity contribution < 1.29 is 14.3 Å². The van der Waals surface area contributed by atoms with Crippen LogP contribution in [-0.4, -0.2) is 25.9 Å². The molecule has 134 valence electrons. The second kappa shape index (κ2) is 9.73. The summed E-state index contributed by atoms with van der Waals surface area (Å²) in [6.45, 7) is 1.96. The van der Waals surface area contributed by atoms with Crippen LogP contribution in [0.2, 0.25) is 0 Å². The molecule has 0 fully saturated rings. The molecule has 6 heteroatoms. The van der Waals surface area contributed by atoms with Crippen molar-refractivity contribution in [2.45, 2.75) is 18.7 Å². The molecule has 1 atom stereocenters. The van der Waals surface area contributed by atoms with Crippen LogP contribution in [0.4, 0.5) is 0 Å². The van der Waals surface area contributed by atoms with Crippen molar-refractivity contribution in [3.8, 4) is 11.5 Å². The van der Waals surface area contributed by atoms with E-state index >= 15 is 0 Å². The number of hydrogen-bond donors (Lipinski definition) is 1. The van der Waals surface area contributed by atoms with Gasteiger partial charge in [-0.1, -0.05) is 34.1 Å². The maximum absolute atomic E-state index is 12.2. The number of halogens is 1. The van der Waals surface area contributed by atoms with Crippen LogP contribution in [0.3, 0.4) is 0 Å². The molecule has 2 aromatic rings. The minimum atomic E-state index is -0.0967. The fourth-order valence-corrected chi connectivity index (χ4v) is 3.39. The van der Waals surface area contributed by atoms with Crippen LogP contribution in [0.1, 0.15) is 24.1 Å². The highest BCUT2D eigenvalue weighted by Gasteiger charge is 2.12. The second-order valence-corrected chi connectivity index (χ2v) is 7.42. The van der Waals surface area contributed by atoms with Gasteiger partial charge in [-0.3, -0.25) is 4.79 Å². The summed E-state index contributed by atoms with van der Waals surface area (Å²) >= 11 is 5.02. The molecular formula is C19H22BrNO3S. The maximum atomic E-state index is 12.2. The minimum absolute atomic E-state index is 0.0180. The van der Waals surface area contributed by atoms with Gasteiger partial charge in [0.2, 0.25) is 5.91 Å². The molecule has 0 heterocycles. The van der Waals surface area contributed by atoms with Crippen LogP contribution in [0.5, 0.6) is 11.5 Å². The lowest BCUT2D eigenvalue weighted by Crippen LogP contribution is -2.28. The highest BCUT2D eigenvalue weighted by atomic mass is 79.9. The average molecular weight is 424 g/mol. The summed E-state index contributed by atoms with van der Waals surface area (Å²) in [5, 5.41) is 3.02. The molecule has 0 bridgehead atoms. The van der Waals surface area contributed by atoms with E-state index in [4.69, 9.17) is 9.47 Å². The van der Waals surface area contributed by atoms with Crippen LogP contribution in [0.25, 0.3) is 0 Å². The van der Waals surface area contributed by atoms with Crippen LogP contribution in [0.15, 0.2) is 46.9 Å². The Hall–Kier alpha value is -1.66. The lowest BCUT2D eigenvalue weighted by atomic mass is 10.1. The molecule has 0 saturated carbocycles. The van der Waals surface area contributed by atoms with E-state index in [-0.39, 0.29) is 11.9 Å². The van der Waals surface area contributed by atoms with Crippen LogP contribution in [-0.2, 0) is 10.5 Å². The Morgan fingerprint density at radius 1 is 1.12 bits per heavy atom. The molecule has 0 aliphatic carbocycles. The zero-order valence-electron chi connectivity index (χ0n) is 14.5. The molecule has 1 N–H and O–H groups in total. The zero-order chi connectivity index (χ0) is 18.2. The third-order valence-electron chi connectivity index (χ3n) is 3.70. The van der Waals surface area contributed by atoms with Crippen LogP contribution >= 0.6 is 27.7 Å². The molecule has 0 aliphatic rings. The lowest BCUT2D eigenvalue weighted by molar-refractivity contribution is -0.119. The van der Waals surface area contributed by atoms with Gasteiger partial charge in [0.25, 0.3) is 0 Å². The SMILES string of the molecule is COc1ccc(C(C)NC(=O)CSCc2ccc(Br)cc2)cc1OC. The Morgan fingerprint density at radius 2 is 1.80 bits per heavy atom. The third-order valence-corrected chi connectivity index (χ3v) is 5.23. The number of thioether (sulfide) groups is 1. The van der Waals surface area contributed by atoms with E-state index in [9.17, 15) is 4.79 Å². The van der Waals surface area contributed by atoms with E-state index in [1.807, 2.05) is 37.3 Å². The van der Waals surface area contributed by atoms with Crippen molar-refractivity contribution in [1.82, 2.24) is 5.32 Å². The predicted octanol–water partition coefficient (Wildman–Crippen LogP) is 4.58. The van der Waals surface area contributed by atoms with E-state index in [1.54, 1.807) is 26.0 Å². The van der Waals surface area contributed by atoms with Crippen molar-refractivity contribution >= 4 is 33.6 Å². The summed E-state index contributed by atoms with van der Waals surface area (Å²) in [7, 11) is 3.20. The van der Waals surface area contributed by atoms with Gasteiger partial charge in [0.1, 0.15) is 0 Å². The molecule has 0 spiro atoms. The van der Waals surface area contributed by atoms with Gasteiger partial charge < -0.3 is 14.8 Å². The van der Waals surface area contributed by atoms with Gasteiger partial charge in [-0.05, 0) is 42.3 Å². The molecule has 1 unspecified atom stereocenters. The van der Waals surface area contributed by atoms with Gasteiger partial charge in [0.05, 0.1) is 26.0 Å². The number of nitrogens with one attached hydrogen (secondary N) is 1. The fourth-order valence-electron chi connectivity index (χ4n) is 2.33. The van der Waals surface area contributed by atoms with Gasteiger partial charge >= 0.3 is 0 Å². The van der Waals surface area contributed by atoms with E-state index < -0.39 is 0 Å². The number of rotatable bonds is 8. The lowest BCUT2D eigenvalue weighted by Gasteiger charge is -2.16. The summed E-state index contributed by atoms with van der Waals surface area (Å²) in [4.78, 5) is 12.2. The molecule has 2 aromatic carbocycles. The first-order chi connectivity index (χ1) is 12.0. The summed E-state index contributed by atoms with van der Waals surface area (Å²) in [5.74, 6) is 2.59. The average Bonchev–Trinajstić information content (AvgIpc) is 2.62. The Bertz CT molecular complexity index is 706. The van der Waals surface area contributed by atoms with Crippen LogP contribution < -0.4 is 14.8 Å². The molecule has 0 saturated heterocycles. The number of ether oxygens (including phenoxy) is 2. The van der Waals surface area contributed by atoms with Crippen molar-refractivity contribution in [3.05, 3.63) is 58.1 Å². The molecular weight excluding hydrogens is 402 g/mol. The van der Waals surface area contributed by atoms with E-state index in [0.717, 1.165) is 15.8 Å². The zero-order valence-corrected chi connectivity index (χ0v) is 16.9. The first-order valence-electron chi connectivity index (χ1n) is 7.87. The quantitative estimate of drug-likeness (QED) is 0.674. The van der Waals surface area contributed by atoms with Crippen LogP contribution in [0, 0.1) is 0 Å². The topological polar surface area (TPSA) is 47.6 Å². The standard InChI is InChI=1S/C19H22BrNO3S/c1-13(15-6-9-17(23-2)18(10-15)24-3)21-19(22)12-25-11-14-4-7-16(20)8-5-14/h4-10,13H,11-12H2,1-3H3,(H,21,22). The van der Waals surface area contributed by atoms with Crippen molar-refractivity contribution in [2.24, 2.45) is 0 Å². The number of methoxy groups -OCH3 is 2. The van der Waals surface area contributed by atoms with E-state index in [0.29, 0.717) is 17.3 Å². The highest BCUT2D eigenvalue weighted by Crippen LogP contribution is 2.29. The third kappa shape index (κ3) is 5.97. The minimum Gasteiger partial charge on any atom is -0.493 e. The van der Waals surface area contributed by atoms with Gasteiger partial charge in [0.15, 0.2) is 11.5 Å². The summed E-state index contributed by atoms with van der Waals surface area (Å²) in [6.07, 6.45) is 0. The number of carbonyl (C=O) groups is 1. The maximum Gasteiger partial charge on any atom is 0.230 e. The van der Waals surface area contributed by atoms with E-state index in [1.165, 1.54) is 5.56 Å². The molecule has 4 nitrogen and oxygen atoms in total. The van der Waals surface area contributed by atoms with Crippen molar-refractivity contribution in [2.75, 3.05) is 20.0 Å². The largest absolute Gasteiger partial charge is 0.493 e. The van der Waals surface area contributed by atoms with Crippen molar-refractivity contribution in [3.63, 3.8) is 0 Å². The Labute approximate surface area is 161 Å². The fraction of sp³-hybridized carbons (Fsp3) is 0.316. The number of hydrogen-bond acceptors (Lipinski definition) is 4. The smallest absolute Gasteiger partial charge is 0.230 e. The molecule has 1 amide bonds. The van der Waals surface area contributed by atoms with Gasteiger partial charge in [0, 0.05) is 10.2 Å². The highest BCUT2D eigenvalue weighted by molar-refractivity contribution is 9.10. The molecule has 0 aromatic heterocycles. The Morgan fingerprint density at radius 3 is 2.44 bits per heavy atom.